The van der Waals surface area contributed by atoms with Crippen molar-refractivity contribution in [3.8, 4) is 5.75 Å². The minimum absolute atomic E-state index is 0.00116. The summed E-state index contributed by atoms with van der Waals surface area (Å²) in [4.78, 5) is 2.24. The number of aryl methyl sites for hydroxylation is 2. The maximum absolute atomic E-state index is 10.7. The average Bonchev–Trinajstić information content (AvgIpc) is 2.58. The number of hydrogen-bond donors (Lipinski definition) is 1. The Kier molecular flexibility index (Phi) is 7.26. The third kappa shape index (κ3) is 4.87. The van der Waals surface area contributed by atoms with Gasteiger partial charge in [-0.05, 0) is 57.7 Å². The fraction of sp³-hybridized carbons (Fsp3) is 0.478. The third-order valence-electron chi connectivity index (χ3n) is 5.07. The van der Waals surface area contributed by atoms with Gasteiger partial charge in [0.15, 0.2) is 0 Å². The zero-order valence-electron chi connectivity index (χ0n) is 17.2. The maximum Gasteiger partial charge on any atom is 0.119 e. The van der Waals surface area contributed by atoms with Gasteiger partial charge in [-0.1, -0.05) is 70.3 Å². The highest BCUT2D eigenvalue weighted by Crippen LogP contribution is 2.51. The summed E-state index contributed by atoms with van der Waals surface area (Å²) in [5.74, 6) is 0.444. The summed E-state index contributed by atoms with van der Waals surface area (Å²) in [7, 11) is 4.90. The van der Waals surface area contributed by atoms with Crippen molar-refractivity contribution in [1.82, 2.24) is 4.90 Å². The van der Waals surface area contributed by atoms with Crippen molar-refractivity contribution in [2.45, 2.75) is 58.7 Å². The van der Waals surface area contributed by atoms with E-state index in [2.05, 4.69) is 71.0 Å². The van der Waals surface area contributed by atoms with E-state index in [1.165, 1.54) is 22.0 Å². The Morgan fingerprint density at radius 2 is 1.65 bits per heavy atom. The van der Waals surface area contributed by atoms with Crippen LogP contribution in [0.5, 0.6) is 5.75 Å². The van der Waals surface area contributed by atoms with Crippen LogP contribution in [0, 0.1) is 13.8 Å². The molecule has 3 heteroatoms. The highest BCUT2D eigenvalue weighted by molar-refractivity contribution is 7.48. The zero-order chi connectivity index (χ0) is 19.3. The molecule has 0 heterocycles. The summed E-state index contributed by atoms with van der Waals surface area (Å²) in [5.41, 5.74) is 5.06. The van der Waals surface area contributed by atoms with E-state index >= 15 is 0 Å². The summed E-state index contributed by atoms with van der Waals surface area (Å²) in [5, 5.41) is 12.1. The number of nitrogens with zero attached hydrogens (tertiary/aromatic N) is 1. The summed E-state index contributed by atoms with van der Waals surface area (Å²) in [6.45, 7) is 9.75. The fourth-order valence-corrected chi connectivity index (χ4v) is 5.63. The number of rotatable bonds is 8. The Balaban J connectivity index is 2.54. The van der Waals surface area contributed by atoms with E-state index in [0.717, 1.165) is 31.4 Å². The van der Waals surface area contributed by atoms with Crippen molar-refractivity contribution in [2.75, 3.05) is 14.1 Å². The van der Waals surface area contributed by atoms with Gasteiger partial charge in [0.25, 0.3) is 0 Å². The molecule has 142 valence electrons. The number of benzene rings is 2. The first-order valence-corrected chi connectivity index (χ1v) is 10.6. The molecular weight excluding hydrogens is 337 g/mol. The first-order chi connectivity index (χ1) is 12.3. The SMILES string of the molecule is CCCC(CC)(Pc1ccc(C)cc1CN(C)C)c1cc(C)ccc1O. The number of aromatic hydroxyl groups is 1. The minimum atomic E-state index is 0.00116. The first-order valence-electron chi connectivity index (χ1n) is 9.64. The molecule has 2 aromatic carbocycles. The summed E-state index contributed by atoms with van der Waals surface area (Å²) >= 11 is 0. The smallest absolute Gasteiger partial charge is 0.119 e. The van der Waals surface area contributed by atoms with E-state index in [9.17, 15) is 5.11 Å². The van der Waals surface area contributed by atoms with Gasteiger partial charge in [-0.2, -0.15) is 0 Å². The van der Waals surface area contributed by atoms with Crippen LogP contribution in [-0.4, -0.2) is 24.1 Å². The van der Waals surface area contributed by atoms with Crippen LogP contribution in [0.4, 0.5) is 0 Å². The molecule has 2 rings (SSSR count). The Bertz CT molecular complexity index is 741. The average molecular weight is 372 g/mol. The molecule has 0 bridgehead atoms. The van der Waals surface area contributed by atoms with Crippen molar-refractivity contribution in [3.63, 3.8) is 0 Å². The van der Waals surface area contributed by atoms with Crippen molar-refractivity contribution in [2.24, 2.45) is 0 Å². The maximum atomic E-state index is 10.7. The van der Waals surface area contributed by atoms with Crippen LogP contribution in [0.2, 0.25) is 0 Å². The molecule has 0 spiro atoms. The minimum Gasteiger partial charge on any atom is -0.508 e. The molecule has 2 atom stereocenters. The molecule has 0 amide bonds. The summed E-state index contributed by atoms with van der Waals surface area (Å²) < 4.78 is 0. The molecule has 0 aliphatic rings. The molecule has 2 unspecified atom stereocenters. The molecule has 0 saturated heterocycles. The van der Waals surface area contributed by atoms with Gasteiger partial charge in [0.1, 0.15) is 5.75 Å². The van der Waals surface area contributed by atoms with Crippen molar-refractivity contribution >= 4 is 13.9 Å². The second-order valence-corrected chi connectivity index (χ2v) is 9.48. The predicted molar refractivity (Wildman–Crippen MR) is 116 cm³/mol. The lowest BCUT2D eigenvalue weighted by molar-refractivity contribution is 0.403. The molecule has 26 heavy (non-hydrogen) atoms. The Labute approximate surface area is 161 Å². The molecule has 2 aromatic rings. The molecule has 0 aromatic heterocycles. The molecule has 1 N–H and O–H groups in total. The van der Waals surface area contributed by atoms with E-state index in [0.29, 0.717) is 14.3 Å². The quantitative estimate of drug-likeness (QED) is 0.621. The van der Waals surface area contributed by atoms with Crippen LogP contribution in [0.25, 0.3) is 0 Å². The topological polar surface area (TPSA) is 23.5 Å². The van der Waals surface area contributed by atoms with Gasteiger partial charge in [-0.25, -0.2) is 0 Å². The number of hydrogen-bond acceptors (Lipinski definition) is 2. The van der Waals surface area contributed by atoms with Crippen LogP contribution in [0.1, 0.15) is 55.4 Å². The lowest BCUT2D eigenvalue weighted by atomic mass is 9.89. The second kappa shape index (κ2) is 9.02. The lowest BCUT2D eigenvalue weighted by Crippen LogP contribution is -2.25. The van der Waals surface area contributed by atoms with Gasteiger partial charge in [-0.15, -0.1) is 0 Å². The van der Waals surface area contributed by atoms with E-state index in [1.54, 1.807) is 0 Å². The predicted octanol–water partition coefficient (Wildman–Crippen LogP) is 5.48. The highest BCUT2D eigenvalue weighted by Gasteiger charge is 2.33. The van der Waals surface area contributed by atoms with Crippen LogP contribution >= 0.6 is 8.58 Å². The van der Waals surface area contributed by atoms with Gasteiger partial charge in [0, 0.05) is 17.3 Å². The number of phenols is 1. The van der Waals surface area contributed by atoms with Crippen LogP contribution in [0.3, 0.4) is 0 Å². The van der Waals surface area contributed by atoms with Crippen molar-refractivity contribution in [1.29, 1.82) is 0 Å². The lowest BCUT2D eigenvalue weighted by Gasteiger charge is -2.35. The first kappa shape index (κ1) is 20.9. The van der Waals surface area contributed by atoms with Gasteiger partial charge in [0.05, 0.1) is 0 Å². The van der Waals surface area contributed by atoms with E-state index in [-0.39, 0.29) is 5.16 Å². The molecule has 0 aliphatic carbocycles. The second-order valence-electron chi connectivity index (χ2n) is 7.73. The van der Waals surface area contributed by atoms with Crippen LogP contribution < -0.4 is 5.30 Å². The van der Waals surface area contributed by atoms with Gasteiger partial charge >= 0.3 is 0 Å². The highest BCUT2D eigenvalue weighted by atomic mass is 31.1. The number of phenolic OH excluding ortho intramolecular Hbond substituents is 1. The monoisotopic (exact) mass is 371 g/mol. The van der Waals surface area contributed by atoms with E-state index in [1.807, 2.05) is 12.1 Å². The molecule has 0 saturated carbocycles. The van der Waals surface area contributed by atoms with Gasteiger partial charge < -0.3 is 10.0 Å². The molecule has 0 fully saturated rings. The summed E-state index contributed by atoms with van der Waals surface area (Å²) in [6.07, 6.45) is 3.24. The summed E-state index contributed by atoms with van der Waals surface area (Å²) in [6, 6.07) is 12.9. The standard InChI is InChI=1S/C23H34NOP/c1-7-13-23(8-2,20-15-18(4)9-11-21(20)25)26-22-12-10-17(3)14-19(22)16-24(5)6/h9-12,14-15,25-26H,7-8,13,16H2,1-6H3. The zero-order valence-corrected chi connectivity index (χ0v) is 18.2. The Hall–Kier alpha value is -1.37. The largest absolute Gasteiger partial charge is 0.508 e. The molecule has 0 aliphatic heterocycles. The van der Waals surface area contributed by atoms with Crippen molar-refractivity contribution in [3.05, 3.63) is 58.7 Å². The Morgan fingerprint density at radius 3 is 2.27 bits per heavy atom. The van der Waals surface area contributed by atoms with Gasteiger partial charge in [-0.3, -0.25) is 0 Å². The van der Waals surface area contributed by atoms with Crippen LogP contribution in [0.15, 0.2) is 36.4 Å². The van der Waals surface area contributed by atoms with E-state index < -0.39 is 0 Å². The van der Waals surface area contributed by atoms with Crippen LogP contribution in [-0.2, 0) is 11.7 Å². The van der Waals surface area contributed by atoms with Crippen molar-refractivity contribution < 1.29 is 5.11 Å². The third-order valence-corrected chi connectivity index (χ3v) is 7.18. The normalized spacial score (nSPS) is 14.3. The molecule has 2 nitrogen and oxygen atoms in total. The fourth-order valence-electron chi connectivity index (χ4n) is 3.75. The molecular formula is C23H34NOP. The molecule has 0 radical (unpaired) electrons. The van der Waals surface area contributed by atoms with Gasteiger partial charge in [0.2, 0.25) is 0 Å². The Morgan fingerprint density at radius 1 is 1.00 bits per heavy atom. The van der Waals surface area contributed by atoms with E-state index in [4.69, 9.17) is 0 Å².